The van der Waals surface area contributed by atoms with Gasteiger partial charge in [-0.15, -0.1) is 0 Å². The molecule has 0 aromatic rings. The Labute approximate surface area is 357 Å². The van der Waals surface area contributed by atoms with Crippen molar-refractivity contribution < 1.29 is 39.5 Å². The van der Waals surface area contributed by atoms with Crippen molar-refractivity contribution in [1.29, 1.82) is 0 Å². The first-order valence-electron chi connectivity index (χ1n) is 24.5. The van der Waals surface area contributed by atoms with Crippen LogP contribution in [0.15, 0.2) is 23.8 Å². The molecule has 4 saturated carbocycles. The van der Waals surface area contributed by atoms with Crippen LogP contribution in [0, 0.1) is 70.0 Å². The van der Waals surface area contributed by atoms with Gasteiger partial charge < -0.3 is 29.9 Å². The summed E-state index contributed by atoms with van der Waals surface area (Å²) in [5.74, 6) is 1.84. The van der Waals surface area contributed by atoms with Crippen LogP contribution < -0.4 is 0 Å². The van der Waals surface area contributed by atoms with Gasteiger partial charge in [0.1, 0.15) is 12.2 Å². The van der Waals surface area contributed by atoms with E-state index in [0.29, 0.717) is 36.5 Å². The first kappa shape index (κ1) is 46.8. The second-order valence-corrected chi connectivity index (χ2v) is 21.9. The smallest absolute Gasteiger partial charge is 0.308 e. The topological polar surface area (TPSA) is 134 Å². The third-order valence-electron chi connectivity index (χ3n) is 17.9. The van der Waals surface area contributed by atoms with Crippen molar-refractivity contribution in [3.05, 3.63) is 23.8 Å². The van der Waals surface area contributed by atoms with Crippen LogP contribution in [0.5, 0.6) is 0 Å². The maximum atomic E-state index is 13.8. The first-order valence-corrected chi connectivity index (χ1v) is 24.5. The van der Waals surface area contributed by atoms with Gasteiger partial charge in [-0.2, -0.15) is 0 Å². The number of aliphatic hydroxyl groups is 4. The zero-order valence-electron chi connectivity index (χ0n) is 38.2. The number of carbonyl (C=O) groups is 2. The number of ether oxygens (including phenoxy) is 2. The largest absolute Gasteiger partial charge is 0.462 e. The van der Waals surface area contributed by atoms with E-state index >= 15 is 0 Å². The highest BCUT2D eigenvalue weighted by molar-refractivity contribution is 5.72. The molecule has 59 heavy (non-hydrogen) atoms. The Kier molecular flexibility index (Phi) is 15.3. The maximum Gasteiger partial charge on any atom is 0.308 e. The summed E-state index contributed by atoms with van der Waals surface area (Å²) >= 11 is 0. The first-order chi connectivity index (χ1) is 27.9. The predicted octanol–water partition coefficient (Wildman–Crippen LogP) is 9.89. The molecular weight excluding hydrogens is 741 g/mol. The van der Waals surface area contributed by atoms with E-state index in [2.05, 4.69) is 59.8 Å². The maximum absolute atomic E-state index is 13.8. The average molecular weight is 825 g/mol. The summed E-state index contributed by atoms with van der Waals surface area (Å²) in [7, 11) is 0. The molecule has 6 rings (SSSR count). The number of rotatable bonds is 17. The second-order valence-electron chi connectivity index (χ2n) is 21.9. The van der Waals surface area contributed by atoms with Gasteiger partial charge in [0.05, 0.1) is 36.3 Å². The fourth-order valence-electron chi connectivity index (χ4n) is 14.4. The van der Waals surface area contributed by atoms with Crippen LogP contribution in [-0.4, -0.2) is 68.5 Å². The number of fused-ring (bicyclic) bond motifs is 6. The Morgan fingerprint density at radius 3 is 2.36 bits per heavy atom. The van der Waals surface area contributed by atoms with Gasteiger partial charge in [0, 0.05) is 11.8 Å². The van der Waals surface area contributed by atoms with Crippen LogP contribution in [-0.2, 0) is 19.1 Å². The third kappa shape index (κ3) is 10.1. The van der Waals surface area contributed by atoms with Crippen molar-refractivity contribution in [3.63, 3.8) is 0 Å². The van der Waals surface area contributed by atoms with Crippen LogP contribution in [0.25, 0.3) is 0 Å². The van der Waals surface area contributed by atoms with E-state index in [4.69, 9.17) is 9.47 Å². The highest BCUT2D eigenvalue weighted by Gasteiger charge is 2.64. The minimum absolute atomic E-state index is 0.0353. The van der Waals surface area contributed by atoms with E-state index in [9.17, 15) is 30.0 Å². The molecule has 8 nitrogen and oxygen atoms in total. The Balaban J connectivity index is 1.07. The highest BCUT2D eigenvalue weighted by Crippen LogP contribution is 2.69. The molecule has 336 valence electrons. The minimum atomic E-state index is -1.02. The summed E-state index contributed by atoms with van der Waals surface area (Å²) in [6.07, 6.45) is 19.7. The SMILES string of the molecule is CCCCCC[C@](C)(O)[C@H]1CCC2C3C[C@H](OC(=O)C[C@H](O)C[C@H](O)CC[C@@H]4[C@@H]5C(=C[C@H](C)C[C@@H]5OC(=O)[C@@H](C)CC)C=C[C@@H]4C)[C@H]4C[C@@H](O)CC[C@]4(C)C3CC[C@@]21C. The molecule has 0 radical (unpaired) electrons. The van der Waals surface area contributed by atoms with E-state index in [1.807, 2.05) is 13.8 Å². The molecule has 0 aliphatic heterocycles. The Morgan fingerprint density at radius 1 is 0.898 bits per heavy atom. The molecule has 0 heterocycles. The van der Waals surface area contributed by atoms with Crippen LogP contribution >= 0.6 is 0 Å². The van der Waals surface area contributed by atoms with Crippen molar-refractivity contribution in [1.82, 2.24) is 0 Å². The summed E-state index contributed by atoms with van der Waals surface area (Å²) in [4.78, 5) is 26.7. The van der Waals surface area contributed by atoms with Gasteiger partial charge in [0.25, 0.3) is 0 Å². The van der Waals surface area contributed by atoms with Crippen molar-refractivity contribution in [2.75, 3.05) is 0 Å². The molecule has 0 spiro atoms. The molecule has 0 aromatic heterocycles. The van der Waals surface area contributed by atoms with Crippen molar-refractivity contribution in [2.24, 2.45) is 70.0 Å². The molecule has 0 bridgehead atoms. The lowest BCUT2D eigenvalue weighted by Crippen LogP contribution is -2.59. The molecule has 0 aromatic carbocycles. The van der Waals surface area contributed by atoms with Crippen LogP contribution in [0.4, 0.5) is 0 Å². The summed E-state index contributed by atoms with van der Waals surface area (Å²) in [6, 6.07) is 0. The third-order valence-corrected chi connectivity index (χ3v) is 17.9. The number of aliphatic hydroxyl groups excluding tert-OH is 3. The Bertz CT molecular complexity index is 1490. The molecular formula is C51H84O8. The van der Waals surface area contributed by atoms with Crippen LogP contribution in [0.2, 0.25) is 0 Å². The van der Waals surface area contributed by atoms with Gasteiger partial charge >= 0.3 is 11.9 Å². The lowest BCUT2D eigenvalue weighted by Gasteiger charge is -2.63. The van der Waals surface area contributed by atoms with E-state index in [1.165, 1.54) is 24.8 Å². The molecule has 4 fully saturated rings. The predicted molar refractivity (Wildman–Crippen MR) is 233 cm³/mol. The summed E-state index contributed by atoms with van der Waals surface area (Å²) < 4.78 is 12.6. The Morgan fingerprint density at radius 2 is 1.63 bits per heavy atom. The molecule has 6 aliphatic rings. The average Bonchev–Trinajstić information content (AvgIpc) is 3.54. The number of carbonyl (C=O) groups excluding carboxylic acids is 2. The van der Waals surface area contributed by atoms with Gasteiger partial charge in [-0.1, -0.05) is 92.4 Å². The molecule has 4 N–H and O–H groups in total. The molecule has 8 heteroatoms. The van der Waals surface area contributed by atoms with Crippen molar-refractivity contribution >= 4 is 11.9 Å². The van der Waals surface area contributed by atoms with Gasteiger partial charge in [-0.3, -0.25) is 9.59 Å². The van der Waals surface area contributed by atoms with Crippen molar-refractivity contribution in [2.45, 2.75) is 214 Å². The molecule has 6 aliphatic carbocycles. The van der Waals surface area contributed by atoms with Crippen molar-refractivity contribution in [3.8, 4) is 0 Å². The lowest BCUT2D eigenvalue weighted by atomic mass is 9.43. The molecule has 0 amide bonds. The zero-order chi connectivity index (χ0) is 42.9. The van der Waals surface area contributed by atoms with E-state index < -0.39 is 29.9 Å². The summed E-state index contributed by atoms with van der Waals surface area (Å²) in [6.45, 7) is 17.5. The fraction of sp³-hybridized carbons (Fsp3) is 0.882. The fourth-order valence-corrected chi connectivity index (χ4v) is 14.4. The standard InChI is InChI=1S/C51H84O8/c1-9-11-12-13-22-51(8,57)45-19-18-40-39-30-43(42-28-36(53)20-23-49(42,6)41(39)21-24-50(40,45)7)58-46(55)29-37(54)27-35(52)16-17-38-33(5)14-15-34-25-31(3)26-44(47(34)38)59-48(56)32(4)10-2/h14-15,25,31-33,35-45,47,52-54,57H,9-13,16-24,26-30H2,1-8H3/t31-,32-,33-,35+,36-,37+,38-,39?,40?,41?,42+,43-,44-,45-,47-,49+,50-,51-/m0/s1. The van der Waals surface area contributed by atoms with Gasteiger partial charge in [0.15, 0.2) is 0 Å². The van der Waals surface area contributed by atoms with Gasteiger partial charge in [-0.25, -0.2) is 0 Å². The van der Waals surface area contributed by atoms with Crippen LogP contribution in [0.3, 0.4) is 0 Å². The molecule has 18 atom stereocenters. The van der Waals surface area contributed by atoms with Gasteiger partial charge in [-0.05, 0) is 155 Å². The second kappa shape index (κ2) is 19.3. The number of hydrogen-bond acceptors (Lipinski definition) is 8. The van der Waals surface area contributed by atoms with Crippen LogP contribution in [0.1, 0.15) is 177 Å². The summed E-state index contributed by atoms with van der Waals surface area (Å²) in [5.41, 5.74) is 0.548. The van der Waals surface area contributed by atoms with E-state index in [0.717, 1.165) is 77.0 Å². The number of esters is 2. The minimum Gasteiger partial charge on any atom is -0.462 e. The summed E-state index contributed by atoms with van der Waals surface area (Å²) in [5, 5.41) is 45.4. The monoisotopic (exact) mass is 825 g/mol. The number of allylic oxidation sites excluding steroid dienone is 3. The highest BCUT2D eigenvalue weighted by atomic mass is 16.5. The van der Waals surface area contributed by atoms with E-state index in [1.54, 1.807) is 0 Å². The quantitative estimate of drug-likeness (QED) is 0.0842. The van der Waals surface area contributed by atoms with E-state index in [-0.39, 0.29) is 77.4 Å². The van der Waals surface area contributed by atoms with Gasteiger partial charge in [0.2, 0.25) is 0 Å². The lowest BCUT2D eigenvalue weighted by molar-refractivity contribution is -0.198. The molecule has 3 unspecified atom stereocenters. The molecule has 0 saturated heterocycles. The normalized spacial score (nSPS) is 41.5. The number of hydrogen-bond donors (Lipinski definition) is 4. The Hall–Kier alpha value is -1.74. The number of unbranched alkanes of at least 4 members (excludes halogenated alkanes) is 3. The zero-order valence-corrected chi connectivity index (χ0v) is 38.2.